The molecule has 1 fully saturated rings. The van der Waals surface area contributed by atoms with Gasteiger partial charge in [-0.25, -0.2) is 14.2 Å². The molecule has 0 bridgehead atoms. The molecule has 2 unspecified atom stereocenters. The smallest absolute Gasteiger partial charge is 0.407 e. The van der Waals surface area contributed by atoms with Gasteiger partial charge in [-0.2, -0.15) is 0 Å². The van der Waals surface area contributed by atoms with Gasteiger partial charge >= 0.3 is 6.09 Å². The van der Waals surface area contributed by atoms with Crippen molar-refractivity contribution in [1.82, 2.24) is 15.6 Å². The molecule has 0 spiro atoms. The standard InChI is InChI=1S/C26H34ClFN4O3/c1-25(2,3)35-24(34)30-20-14-10-9-13-19(20)29-22-18(28)15-17(21(27)31-22)23(33)32-26(4,5)16-11-7-6-8-12-16/h6-8,11-12,15,19-20H,9-10,13-14H2,1-5H3,(H,29,31)(H,30,34)(H,32,33). The van der Waals surface area contributed by atoms with E-state index in [1.165, 1.54) is 0 Å². The first-order valence-electron chi connectivity index (χ1n) is 11.9. The van der Waals surface area contributed by atoms with Crippen molar-refractivity contribution >= 4 is 29.4 Å². The van der Waals surface area contributed by atoms with Crippen LogP contribution in [0.4, 0.5) is 15.0 Å². The molecule has 1 aromatic carbocycles. The van der Waals surface area contributed by atoms with Gasteiger partial charge in [-0.1, -0.05) is 54.8 Å². The van der Waals surface area contributed by atoms with Gasteiger partial charge in [0, 0.05) is 6.04 Å². The van der Waals surface area contributed by atoms with Crippen LogP contribution < -0.4 is 16.0 Å². The number of hydrogen-bond acceptors (Lipinski definition) is 5. The maximum Gasteiger partial charge on any atom is 0.407 e. The fourth-order valence-corrected chi connectivity index (χ4v) is 4.34. The highest BCUT2D eigenvalue weighted by molar-refractivity contribution is 6.32. The largest absolute Gasteiger partial charge is 0.444 e. The van der Waals surface area contributed by atoms with E-state index in [1.54, 1.807) is 20.8 Å². The van der Waals surface area contributed by atoms with Crippen LogP contribution in [-0.4, -0.2) is 34.7 Å². The van der Waals surface area contributed by atoms with Crippen molar-refractivity contribution in [3.63, 3.8) is 0 Å². The SMILES string of the molecule is CC(C)(C)OC(=O)NC1CCCCC1Nc1nc(Cl)c(C(=O)NC(C)(C)c2ccccc2)cc1F. The van der Waals surface area contributed by atoms with Gasteiger partial charge in [-0.15, -0.1) is 0 Å². The van der Waals surface area contributed by atoms with Gasteiger partial charge < -0.3 is 20.7 Å². The van der Waals surface area contributed by atoms with E-state index in [-0.39, 0.29) is 28.6 Å². The minimum atomic E-state index is -0.697. The molecule has 0 radical (unpaired) electrons. The van der Waals surface area contributed by atoms with Crippen LogP contribution in [0.5, 0.6) is 0 Å². The number of nitrogens with zero attached hydrogens (tertiary/aromatic N) is 1. The summed E-state index contributed by atoms with van der Waals surface area (Å²) in [6.45, 7) is 9.10. The predicted molar refractivity (Wildman–Crippen MR) is 135 cm³/mol. The molecule has 3 N–H and O–H groups in total. The quantitative estimate of drug-likeness (QED) is 0.433. The Bertz CT molecular complexity index is 1060. The van der Waals surface area contributed by atoms with Crippen LogP contribution in [0, 0.1) is 5.82 Å². The third kappa shape index (κ3) is 7.31. The Morgan fingerprint density at radius 2 is 1.69 bits per heavy atom. The summed E-state index contributed by atoms with van der Waals surface area (Å²) in [5.74, 6) is -1.28. The van der Waals surface area contributed by atoms with Gasteiger partial charge in [-0.05, 0) is 59.1 Å². The zero-order chi connectivity index (χ0) is 25.8. The third-order valence-electron chi connectivity index (χ3n) is 5.89. The molecule has 1 heterocycles. The number of ether oxygens (including phenoxy) is 1. The molecule has 3 rings (SSSR count). The maximum atomic E-state index is 15.0. The molecule has 2 aromatic rings. The summed E-state index contributed by atoms with van der Waals surface area (Å²) in [4.78, 5) is 29.3. The molecular weight excluding hydrogens is 471 g/mol. The van der Waals surface area contributed by atoms with E-state index in [0.29, 0.717) is 6.42 Å². The molecule has 190 valence electrons. The van der Waals surface area contributed by atoms with Gasteiger partial charge in [0.25, 0.3) is 5.91 Å². The predicted octanol–water partition coefficient (Wildman–Crippen LogP) is 5.79. The Labute approximate surface area is 211 Å². The lowest BCUT2D eigenvalue weighted by molar-refractivity contribution is 0.0488. The minimum Gasteiger partial charge on any atom is -0.444 e. The second-order valence-electron chi connectivity index (χ2n) is 10.4. The lowest BCUT2D eigenvalue weighted by Crippen LogP contribution is -2.50. The van der Waals surface area contributed by atoms with Crippen LogP contribution in [0.3, 0.4) is 0 Å². The lowest BCUT2D eigenvalue weighted by atomic mass is 9.90. The molecule has 2 atom stereocenters. The molecule has 35 heavy (non-hydrogen) atoms. The van der Waals surface area contributed by atoms with Gasteiger partial charge in [0.05, 0.1) is 17.1 Å². The maximum absolute atomic E-state index is 15.0. The Balaban J connectivity index is 1.73. The average Bonchev–Trinajstić information content (AvgIpc) is 2.76. The number of anilines is 1. The molecule has 1 aromatic heterocycles. The van der Waals surface area contributed by atoms with E-state index < -0.39 is 29.0 Å². The van der Waals surface area contributed by atoms with E-state index >= 15 is 4.39 Å². The van der Waals surface area contributed by atoms with Crippen LogP contribution in [-0.2, 0) is 10.3 Å². The van der Waals surface area contributed by atoms with Gasteiger partial charge in [0.15, 0.2) is 11.6 Å². The first-order chi connectivity index (χ1) is 16.4. The van der Waals surface area contributed by atoms with Crippen molar-refractivity contribution in [2.24, 2.45) is 0 Å². The summed E-state index contributed by atoms with van der Waals surface area (Å²) in [6.07, 6.45) is 2.78. The number of hydrogen-bond donors (Lipinski definition) is 3. The molecule has 2 amide bonds. The summed E-state index contributed by atoms with van der Waals surface area (Å²) < 4.78 is 20.4. The Morgan fingerprint density at radius 3 is 2.31 bits per heavy atom. The molecule has 0 saturated heterocycles. The van der Waals surface area contributed by atoms with Crippen molar-refractivity contribution in [3.8, 4) is 0 Å². The van der Waals surface area contributed by atoms with Gasteiger partial charge in [0.2, 0.25) is 0 Å². The monoisotopic (exact) mass is 504 g/mol. The first kappa shape index (κ1) is 26.7. The van der Waals surface area contributed by atoms with E-state index in [2.05, 4.69) is 20.9 Å². The molecule has 9 heteroatoms. The lowest BCUT2D eigenvalue weighted by Gasteiger charge is -2.33. The number of pyridine rings is 1. The molecule has 1 aliphatic carbocycles. The zero-order valence-corrected chi connectivity index (χ0v) is 21.6. The normalized spacial score (nSPS) is 18.5. The number of nitrogens with one attached hydrogen (secondary N) is 3. The van der Waals surface area contributed by atoms with Crippen LogP contribution in [0.2, 0.25) is 5.15 Å². The minimum absolute atomic E-state index is 0.0502. The summed E-state index contributed by atoms with van der Waals surface area (Å²) in [6, 6.07) is 10.0. The second kappa shape index (κ2) is 10.8. The molecule has 1 saturated carbocycles. The average molecular weight is 505 g/mol. The number of amides is 2. The van der Waals surface area contributed by atoms with E-state index in [0.717, 1.165) is 30.9 Å². The molecule has 7 nitrogen and oxygen atoms in total. The highest BCUT2D eigenvalue weighted by atomic mass is 35.5. The first-order valence-corrected chi connectivity index (χ1v) is 12.2. The summed E-state index contributed by atoms with van der Waals surface area (Å²) in [5, 5.41) is 8.74. The van der Waals surface area contributed by atoms with Crippen molar-refractivity contribution in [2.75, 3.05) is 5.32 Å². The Hall–Kier alpha value is -2.87. The van der Waals surface area contributed by atoms with Gasteiger partial charge in [0.1, 0.15) is 10.8 Å². The second-order valence-corrected chi connectivity index (χ2v) is 10.7. The Morgan fingerprint density at radius 1 is 1.06 bits per heavy atom. The van der Waals surface area contributed by atoms with Crippen LogP contribution in [0.25, 0.3) is 0 Å². The molecule has 1 aliphatic rings. The molecule has 0 aliphatic heterocycles. The highest BCUT2D eigenvalue weighted by Gasteiger charge is 2.30. The van der Waals surface area contributed by atoms with Crippen molar-refractivity contribution in [2.45, 2.75) is 83.5 Å². The topological polar surface area (TPSA) is 92.3 Å². The highest BCUT2D eigenvalue weighted by Crippen LogP contribution is 2.27. The zero-order valence-electron chi connectivity index (χ0n) is 20.9. The summed E-state index contributed by atoms with van der Waals surface area (Å²) in [7, 11) is 0. The summed E-state index contributed by atoms with van der Waals surface area (Å²) >= 11 is 6.31. The number of carbonyl (C=O) groups excluding carboxylic acids is 2. The number of rotatable bonds is 6. The van der Waals surface area contributed by atoms with E-state index in [1.807, 2.05) is 44.2 Å². The summed E-state index contributed by atoms with van der Waals surface area (Å²) in [5.41, 5.74) is -0.464. The van der Waals surface area contributed by atoms with Crippen molar-refractivity contribution in [1.29, 1.82) is 0 Å². The Kier molecular flexibility index (Phi) is 8.26. The van der Waals surface area contributed by atoms with Crippen LogP contribution >= 0.6 is 11.6 Å². The molecular formula is C26H34ClFN4O3. The number of alkyl carbamates (subject to hydrolysis) is 1. The fourth-order valence-electron chi connectivity index (χ4n) is 4.12. The number of benzene rings is 1. The third-order valence-corrected chi connectivity index (χ3v) is 6.17. The number of carbonyl (C=O) groups is 2. The van der Waals surface area contributed by atoms with Crippen LogP contribution in [0.1, 0.15) is 76.2 Å². The number of aromatic nitrogens is 1. The van der Waals surface area contributed by atoms with Gasteiger partial charge in [-0.3, -0.25) is 4.79 Å². The fraction of sp³-hybridized carbons (Fsp3) is 0.500. The van der Waals surface area contributed by atoms with Crippen molar-refractivity contribution in [3.05, 3.63) is 58.5 Å². The van der Waals surface area contributed by atoms with Crippen LogP contribution in [0.15, 0.2) is 36.4 Å². The van der Waals surface area contributed by atoms with Crippen molar-refractivity contribution < 1.29 is 18.7 Å². The van der Waals surface area contributed by atoms with E-state index in [4.69, 9.17) is 16.3 Å². The van der Waals surface area contributed by atoms with E-state index in [9.17, 15) is 9.59 Å². The number of halogens is 2.